The predicted molar refractivity (Wildman–Crippen MR) is 150 cm³/mol. The Morgan fingerprint density at radius 2 is 1.59 bits per heavy atom. The number of piperidine rings is 1. The van der Waals surface area contributed by atoms with Crippen LogP contribution >= 0.6 is 11.6 Å². The molecular weight excluding hydrogens is 488 g/mol. The van der Waals surface area contributed by atoms with Crippen LogP contribution in [-0.4, -0.2) is 91.5 Å². The molecular formula is C29H41ClN4O3. The lowest BCUT2D eigenvalue weighted by Gasteiger charge is -2.40. The number of aliphatic hydroxyl groups is 1. The van der Waals surface area contributed by atoms with E-state index in [1.807, 2.05) is 50.2 Å². The molecule has 2 heterocycles. The van der Waals surface area contributed by atoms with E-state index in [4.69, 9.17) is 11.6 Å². The maximum atomic E-state index is 12.7. The van der Waals surface area contributed by atoms with Gasteiger partial charge < -0.3 is 19.8 Å². The first-order chi connectivity index (χ1) is 17.8. The van der Waals surface area contributed by atoms with E-state index in [0.717, 1.165) is 51.3 Å². The number of carbonyl (C=O) groups excluding carboxylic acids is 2. The van der Waals surface area contributed by atoms with Crippen LogP contribution in [-0.2, 0) is 4.79 Å². The molecule has 1 unspecified atom stereocenters. The molecule has 0 spiro atoms. The van der Waals surface area contributed by atoms with E-state index in [1.165, 1.54) is 4.90 Å². The highest BCUT2D eigenvalue weighted by Crippen LogP contribution is 2.27. The molecule has 37 heavy (non-hydrogen) atoms. The van der Waals surface area contributed by atoms with E-state index in [9.17, 15) is 14.7 Å². The molecule has 202 valence electrons. The highest BCUT2D eigenvalue weighted by molar-refractivity contribution is 6.34. The molecule has 2 aromatic rings. The highest BCUT2D eigenvalue weighted by Gasteiger charge is 2.29. The van der Waals surface area contributed by atoms with Gasteiger partial charge in [0, 0.05) is 65.6 Å². The molecule has 7 nitrogen and oxygen atoms in total. The second-order valence-corrected chi connectivity index (χ2v) is 10.1. The number of halogens is 1. The number of likely N-dealkylation sites (tertiary alicyclic amines) is 1. The van der Waals surface area contributed by atoms with Gasteiger partial charge in [-0.2, -0.15) is 0 Å². The van der Waals surface area contributed by atoms with Crippen LogP contribution in [0.25, 0.3) is 0 Å². The van der Waals surface area contributed by atoms with Crippen LogP contribution in [0.3, 0.4) is 0 Å². The van der Waals surface area contributed by atoms with Gasteiger partial charge in [0.15, 0.2) is 6.10 Å². The number of anilines is 1. The van der Waals surface area contributed by atoms with Crippen molar-refractivity contribution in [3.8, 4) is 0 Å². The lowest BCUT2D eigenvalue weighted by Crippen LogP contribution is -2.49. The second-order valence-electron chi connectivity index (χ2n) is 9.73. The summed E-state index contributed by atoms with van der Waals surface area (Å²) in [5.74, 6) is 0.277. The predicted octanol–water partition coefficient (Wildman–Crippen LogP) is 4.16. The fourth-order valence-corrected chi connectivity index (χ4v) is 5.21. The molecule has 0 bridgehead atoms. The van der Waals surface area contributed by atoms with Crippen LogP contribution in [0.5, 0.6) is 0 Å². The number of hydrogen-bond acceptors (Lipinski definition) is 5. The summed E-state index contributed by atoms with van der Waals surface area (Å²) in [6, 6.07) is 14.8. The first kappa shape index (κ1) is 29.0. The van der Waals surface area contributed by atoms with E-state index >= 15 is 0 Å². The average molecular weight is 529 g/mol. The van der Waals surface area contributed by atoms with Crippen molar-refractivity contribution in [2.45, 2.75) is 32.8 Å². The highest BCUT2D eigenvalue weighted by atomic mass is 35.5. The molecule has 1 N–H and O–H groups in total. The lowest BCUT2D eigenvalue weighted by atomic mass is 9.95. The van der Waals surface area contributed by atoms with Crippen LogP contribution in [0.4, 0.5) is 5.69 Å². The van der Waals surface area contributed by atoms with Gasteiger partial charge in [-0.1, -0.05) is 55.8 Å². The standard InChI is InChI=1S/C27H35ClN4O3.C2H6/c1-29(2)26(34)23-9-8-22(18-24(23)28)31-16-14-30(15-17-31)19-20-10-12-32(13-11-20)27(35)25(33)21-6-4-3-5-7-21;1-2/h3-9,18,20,25,33H,10-17,19H2,1-2H3;1-2H3. The lowest BCUT2D eigenvalue weighted by molar-refractivity contribution is -0.142. The van der Waals surface area contributed by atoms with E-state index in [2.05, 4.69) is 9.80 Å². The van der Waals surface area contributed by atoms with Crippen LogP contribution in [0.1, 0.15) is 48.7 Å². The first-order valence-electron chi connectivity index (χ1n) is 13.3. The number of rotatable bonds is 6. The Hall–Kier alpha value is -2.61. The molecule has 0 aromatic heterocycles. The van der Waals surface area contributed by atoms with Crippen molar-refractivity contribution in [3.05, 3.63) is 64.7 Å². The molecule has 2 saturated heterocycles. The quantitative estimate of drug-likeness (QED) is 0.609. The van der Waals surface area contributed by atoms with Gasteiger partial charge in [-0.15, -0.1) is 0 Å². The largest absolute Gasteiger partial charge is 0.378 e. The van der Waals surface area contributed by atoms with Gasteiger partial charge in [-0.25, -0.2) is 0 Å². The van der Waals surface area contributed by atoms with E-state index < -0.39 is 6.10 Å². The summed E-state index contributed by atoms with van der Waals surface area (Å²) in [5, 5.41) is 10.9. The Kier molecular flexibility index (Phi) is 10.8. The zero-order valence-corrected chi connectivity index (χ0v) is 23.3. The number of benzene rings is 2. The number of piperazine rings is 1. The van der Waals surface area contributed by atoms with Crippen molar-refractivity contribution in [1.29, 1.82) is 0 Å². The van der Waals surface area contributed by atoms with Crippen molar-refractivity contribution in [1.82, 2.24) is 14.7 Å². The molecule has 2 aromatic carbocycles. The van der Waals surface area contributed by atoms with Crippen molar-refractivity contribution in [3.63, 3.8) is 0 Å². The summed E-state index contributed by atoms with van der Waals surface area (Å²) in [6.45, 7) is 10.2. The Morgan fingerprint density at radius 3 is 2.16 bits per heavy atom. The molecule has 2 aliphatic rings. The minimum Gasteiger partial charge on any atom is -0.378 e. The third-order valence-corrected chi connectivity index (χ3v) is 7.43. The monoisotopic (exact) mass is 528 g/mol. The van der Waals surface area contributed by atoms with Gasteiger partial charge in [0.05, 0.1) is 10.6 Å². The third kappa shape index (κ3) is 7.46. The first-order valence-corrected chi connectivity index (χ1v) is 13.7. The van der Waals surface area contributed by atoms with E-state index in [0.29, 0.717) is 35.2 Å². The molecule has 0 aliphatic carbocycles. The zero-order valence-electron chi connectivity index (χ0n) is 22.6. The number of nitrogens with zero attached hydrogens (tertiary/aromatic N) is 4. The smallest absolute Gasteiger partial charge is 0.256 e. The van der Waals surface area contributed by atoms with Gasteiger partial charge >= 0.3 is 0 Å². The maximum absolute atomic E-state index is 12.7. The maximum Gasteiger partial charge on any atom is 0.256 e. The summed E-state index contributed by atoms with van der Waals surface area (Å²) in [5.41, 5.74) is 2.23. The minimum absolute atomic E-state index is 0.0892. The zero-order chi connectivity index (χ0) is 26.9. The summed E-state index contributed by atoms with van der Waals surface area (Å²) in [4.78, 5) is 33.1. The minimum atomic E-state index is -1.08. The fourth-order valence-electron chi connectivity index (χ4n) is 4.96. The van der Waals surface area contributed by atoms with Crippen molar-refractivity contribution >= 4 is 29.1 Å². The number of carbonyl (C=O) groups is 2. The topological polar surface area (TPSA) is 67.3 Å². The average Bonchev–Trinajstić information content (AvgIpc) is 2.94. The Balaban J connectivity index is 0.00000186. The molecule has 2 aliphatic heterocycles. The number of hydrogen-bond donors (Lipinski definition) is 1. The molecule has 8 heteroatoms. The fraction of sp³-hybridized carbons (Fsp3) is 0.517. The normalized spacial score (nSPS) is 17.6. The van der Waals surface area contributed by atoms with Crippen molar-refractivity contribution in [2.24, 2.45) is 5.92 Å². The number of aliphatic hydroxyl groups excluding tert-OH is 1. The third-order valence-electron chi connectivity index (χ3n) is 7.12. The van der Waals surface area contributed by atoms with Gasteiger partial charge in [-0.05, 0) is 42.5 Å². The van der Waals surface area contributed by atoms with Crippen molar-refractivity contribution in [2.75, 3.05) is 64.8 Å². The van der Waals surface area contributed by atoms with Crippen LogP contribution in [0, 0.1) is 5.92 Å². The SMILES string of the molecule is CC.CN(C)C(=O)c1ccc(N2CCN(CC3CCN(C(=O)C(O)c4ccccc4)CC3)CC2)cc1Cl. The summed E-state index contributed by atoms with van der Waals surface area (Å²) >= 11 is 6.41. The van der Waals surface area contributed by atoms with Crippen LogP contribution in [0.2, 0.25) is 5.02 Å². The Labute approximate surface area is 226 Å². The summed E-state index contributed by atoms with van der Waals surface area (Å²) in [6.07, 6.45) is 0.846. The molecule has 0 radical (unpaired) electrons. The van der Waals surface area contributed by atoms with Crippen molar-refractivity contribution < 1.29 is 14.7 Å². The second kappa shape index (κ2) is 13.8. The van der Waals surface area contributed by atoms with Gasteiger partial charge in [0.1, 0.15) is 0 Å². The molecule has 2 amide bonds. The Bertz CT molecular complexity index is 1020. The van der Waals surface area contributed by atoms with E-state index in [1.54, 1.807) is 31.1 Å². The van der Waals surface area contributed by atoms with Crippen LogP contribution in [0.15, 0.2) is 48.5 Å². The molecule has 2 fully saturated rings. The molecule has 1 atom stereocenters. The van der Waals surface area contributed by atoms with E-state index in [-0.39, 0.29) is 11.8 Å². The summed E-state index contributed by atoms with van der Waals surface area (Å²) in [7, 11) is 3.45. The molecule has 0 saturated carbocycles. The van der Waals surface area contributed by atoms with Crippen LogP contribution < -0.4 is 4.90 Å². The van der Waals surface area contributed by atoms with Gasteiger partial charge in [0.2, 0.25) is 0 Å². The van der Waals surface area contributed by atoms with Gasteiger partial charge in [-0.3, -0.25) is 14.5 Å². The summed E-state index contributed by atoms with van der Waals surface area (Å²) < 4.78 is 0. The molecule has 4 rings (SSSR count). The van der Waals surface area contributed by atoms with Gasteiger partial charge in [0.25, 0.3) is 11.8 Å². The number of amides is 2. The Morgan fingerprint density at radius 1 is 0.973 bits per heavy atom.